The van der Waals surface area contributed by atoms with Gasteiger partial charge in [0.2, 0.25) is 0 Å². The minimum absolute atomic E-state index is 0.203. The van der Waals surface area contributed by atoms with Crippen molar-refractivity contribution in [1.82, 2.24) is 9.97 Å². The van der Waals surface area contributed by atoms with Gasteiger partial charge < -0.3 is 5.32 Å². The number of anilines is 1. The summed E-state index contributed by atoms with van der Waals surface area (Å²) in [6.07, 6.45) is 4.71. The van der Waals surface area contributed by atoms with Crippen LogP contribution in [0.5, 0.6) is 0 Å². The Morgan fingerprint density at radius 3 is 2.67 bits per heavy atom. The monoisotopic (exact) mass is 313 g/mol. The van der Waals surface area contributed by atoms with E-state index >= 15 is 0 Å². The molecular weight excluding hydrogens is 304 g/mol. The fourth-order valence-corrected chi connectivity index (χ4v) is 2.03. The zero-order valence-corrected chi connectivity index (χ0v) is 11.1. The second-order valence-electron chi connectivity index (χ2n) is 3.74. The van der Waals surface area contributed by atoms with Crippen LogP contribution in [0.15, 0.2) is 35.2 Å². The fourth-order valence-electron chi connectivity index (χ4n) is 1.50. The highest BCUT2D eigenvalue weighted by atomic mass is 79.9. The number of aromatic nitrogens is 2. The second-order valence-corrected chi connectivity index (χ2v) is 4.60. The molecule has 2 aromatic rings. The molecular formula is C12H10BrF2N3. The molecule has 94 valence electrons. The number of hydrogen-bond acceptors (Lipinski definition) is 3. The molecule has 1 heterocycles. The van der Waals surface area contributed by atoms with E-state index in [1.807, 2.05) is 6.92 Å². The molecule has 18 heavy (non-hydrogen) atoms. The molecule has 0 radical (unpaired) electrons. The third-order valence-corrected chi connectivity index (χ3v) is 3.02. The van der Waals surface area contributed by atoms with Crippen molar-refractivity contribution in [3.05, 3.63) is 52.5 Å². The predicted octanol–water partition coefficient (Wildman–Crippen LogP) is 3.69. The van der Waals surface area contributed by atoms with Crippen molar-refractivity contribution in [3.63, 3.8) is 0 Å². The highest BCUT2D eigenvalue weighted by molar-refractivity contribution is 9.10. The second kappa shape index (κ2) is 5.39. The summed E-state index contributed by atoms with van der Waals surface area (Å²) in [5.74, 6) is -1.28. The normalized spacial score (nSPS) is 12.2. The van der Waals surface area contributed by atoms with Gasteiger partial charge in [0.1, 0.15) is 11.6 Å². The molecule has 0 aliphatic heterocycles. The molecule has 0 saturated heterocycles. The third-order valence-electron chi connectivity index (χ3n) is 2.39. The first-order chi connectivity index (χ1) is 8.58. The summed E-state index contributed by atoms with van der Waals surface area (Å²) in [6.45, 7) is 1.82. The predicted molar refractivity (Wildman–Crippen MR) is 68.1 cm³/mol. The maximum absolute atomic E-state index is 13.6. The number of nitrogens with zero attached hydrogens (tertiary/aromatic N) is 2. The molecule has 1 aromatic carbocycles. The first-order valence-electron chi connectivity index (χ1n) is 5.25. The molecule has 0 aliphatic carbocycles. The van der Waals surface area contributed by atoms with E-state index in [4.69, 9.17) is 0 Å². The number of benzene rings is 1. The average Bonchev–Trinajstić information content (AvgIpc) is 2.34. The summed E-state index contributed by atoms with van der Waals surface area (Å²) in [5, 5.41) is 2.93. The van der Waals surface area contributed by atoms with E-state index in [1.54, 1.807) is 18.6 Å². The van der Waals surface area contributed by atoms with Crippen LogP contribution < -0.4 is 5.32 Å². The van der Waals surface area contributed by atoms with E-state index in [-0.39, 0.29) is 11.7 Å². The van der Waals surface area contributed by atoms with Crippen LogP contribution >= 0.6 is 15.9 Å². The van der Waals surface area contributed by atoms with Crippen LogP contribution in [0.3, 0.4) is 0 Å². The minimum atomic E-state index is -0.655. The summed E-state index contributed by atoms with van der Waals surface area (Å²) in [4.78, 5) is 8.05. The largest absolute Gasteiger partial charge is 0.374 e. The van der Waals surface area contributed by atoms with E-state index in [1.165, 1.54) is 6.07 Å². The lowest BCUT2D eigenvalue weighted by molar-refractivity contribution is 0.582. The molecule has 1 aromatic heterocycles. The summed E-state index contributed by atoms with van der Waals surface area (Å²) in [6, 6.07) is 1.79. The van der Waals surface area contributed by atoms with Gasteiger partial charge >= 0.3 is 0 Å². The molecule has 3 nitrogen and oxygen atoms in total. The molecule has 0 spiro atoms. The van der Waals surface area contributed by atoms with Gasteiger partial charge in [0.05, 0.1) is 23.6 Å². The Morgan fingerprint density at radius 1 is 1.28 bits per heavy atom. The Morgan fingerprint density at radius 2 is 2.06 bits per heavy atom. The fraction of sp³-hybridized carbons (Fsp3) is 0.167. The number of rotatable bonds is 3. The van der Waals surface area contributed by atoms with Crippen LogP contribution in [0.4, 0.5) is 14.5 Å². The number of hydrogen-bond donors (Lipinski definition) is 1. The zero-order chi connectivity index (χ0) is 13.1. The van der Waals surface area contributed by atoms with Crippen molar-refractivity contribution in [1.29, 1.82) is 0 Å². The maximum Gasteiger partial charge on any atom is 0.150 e. The van der Waals surface area contributed by atoms with Crippen LogP contribution in [-0.2, 0) is 0 Å². The van der Waals surface area contributed by atoms with E-state index in [2.05, 4.69) is 31.2 Å². The van der Waals surface area contributed by atoms with Crippen molar-refractivity contribution in [3.8, 4) is 0 Å². The standard InChI is InChI=1S/C12H10BrF2N3/c1-7(11-6-16-2-3-17-11)18-12-9(13)4-8(14)5-10(12)15/h2-7,18H,1H3. The van der Waals surface area contributed by atoms with Gasteiger partial charge in [-0.05, 0) is 28.9 Å². The Labute approximate surface area is 111 Å². The molecule has 0 bridgehead atoms. The van der Waals surface area contributed by atoms with E-state index in [9.17, 15) is 8.78 Å². The van der Waals surface area contributed by atoms with Crippen LogP contribution in [0.2, 0.25) is 0 Å². The molecule has 1 N–H and O–H groups in total. The Kier molecular flexibility index (Phi) is 3.86. The van der Waals surface area contributed by atoms with Crippen molar-refractivity contribution < 1.29 is 8.78 Å². The first-order valence-corrected chi connectivity index (χ1v) is 6.04. The summed E-state index contributed by atoms with van der Waals surface area (Å²) in [7, 11) is 0. The molecule has 0 amide bonds. The van der Waals surface area contributed by atoms with Crippen LogP contribution in [0.1, 0.15) is 18.7 Å². The lowest BCUT2D eigenvalue weighted by Gasteiger charge is -2.16. The topological polar surface area (TPSA) is 37.8 Å². The molecule has 1 unspecified atom stereocenters. The maximum atomic E-state index is 13.6. The van der Waals surface area contributed by atoms with E-state index < -0.39 is 11.6 Å². The SMILES string of the molecule is CC(Nc1c(F)cc(F)cc1Br)c1cnccn1. The lowest BCUT2D eigenvalue weighted by Crippen LogP contribution is -2.10. The first kappa shape index (κ1) is 12.9. The van der Waals surface area contributed by atoms with Crippen LogP contribution in [0.25, 0.3) is 0 Å². The zero-order valence-electron chi connectivity index (χ0n) is 9.49. The van der Waals surface area contributed by atoms with Gasteiger partial charge in [0, 0.05) is 22.9 Å². The number of nitrogens with one attached hydrogen (secondary N) is 1. The average molecular weight is 314 g/mol. The highest BCUT2D eigenvalue weighted by Crippen LogP contribution is 2.29. The summed E-state index contributed by atoms with van der Waals surface area (Å²) < 4.78 is 26.9. The minimum Gasteiger partial charge on any atom is -0.374 e. The van der Waals surface area contributed by atoms with Crippen molar-refractivity contribution >= 4 is 21.6 Å². The van der Waals surface area contributed by atoms with Gasteiger partial charge in [-0.15, -0.1) is 0 Å². The highest BCUT2D eigenvalue weighted by Gasteiger charge is 2.14. The lowest BCUT2D eigenvalue weighted by atomic mass is 10.2. The van der Waals surface area contributed by atoms with Crippen molar-refractivity contribution in [2.24, 2.45) is 0 Å². The molecule has 0 aliphatic rings. The van der Waals surface area contributed by atoms with E-state index in [0.717, 1.165) is 6.07 Å². The van der Waals surface area contributed by atoms with Crippen molar-refractivity contribution in [2.45, 2.75) is 13.0 Å². The molecule has 1 atom stereocenters. The van der Waals surface area contributed by atoms with E-state index in [0.29, 0.717) is 10.2 Å². The van der Waals surface area contributed by atoms with Gasteiger partial charge in [0.25, 0.3) is 0 Å². The van der Waals surface area contributed by atoms with Gasteiger partial charge in [-0.2, -0.15) is 0 Å². The smallest absolute Gasteiger partial charge is 0.150 e. The van der Waals surface area contributed by atoms with Crippen molar-refractivity contribution in [2.75, 3.05) is 5.32 Å². The number of halogens is 3. The summed E-state index contributed by atoms with van der Waals surface area (Å²) >= 11 is 3.12. The molecule has 2 rings (SSSR count). The van der Waals surface area contributed by atoms with Crippen LogP contribution in [-0.4, -0.2) is 9.97 Å². The van der Waals surface area contributed by atoms with Gasteiger partial charge in [0.15, 0.2) is 0 Å². The molecule has 0 saturated carbocycles. The summed E-state index contributed by atoms with van der Waals surface area (Å²) in [5.41, 5.74) is 0.877. The Hall–Kier alpha value is -1.56. The molecule has 6 heteroatoms. The molecule has 0 fully saturated rings. The van der Waals surface area contributed by atoms with Gasteiger partial charge in [-0.1, -0.05) is 0 Å². The van der Waals surface area contributed by atoms with Crippen LogP contribution in [0, 0.1) is 11.6 Å². The quantitative estimate of drug-likeness (QED) is 0.939. The Balaban J connectivity index is 2.25. The Bertz CT molecular complexity index is 525. The van der Waals surface area contributed by atoms with Gasteiger partial charge in [-0.3, -0.25) is 9.97 Å². The third kappa shape index (κ3) is 2.81. The van der Waals surface area contributed by atoms with Gasteiger partial charge in [-0.25, -0.2) is 8.78 Å².